The van der Waals surface area contributed by atoms with Gasteiger partial charge >= 0.3 is 0 Å². The maximum atomic E-state index is 13.0. The van der Waals surface area contributed by atoms with E-state index in [1.807, 2.05) is 13.0 Å². The molecule has 3 rings (SSSR count). The molecule has 0 aliphatic carbocycles. The lowest BCUT2D eigenvalue weighted by Gasteiger charge is -2.21. The Hall–Kier alpha value is -1.90. The second-order valence-electron chi connectivity index (χ2n) is 5.93. The van der Waals surface area contributed by atoms with Crippen molar-refractivity contribution >= 4 is 25.7 Å². The molecule has 128 valence electrons. The summed E-state index contributed by atoms with van der Waals surface area (Å²) in [6, 6.07) is 9.49. The molecular formula is C16H18N2O4S2. The number of sulfonamides is 2. The second kappa shape index (κ2) is 5.58. The third-order valence-corrected chi connectivity index (χ3v) is 7.02. The quantitative estimate of drug-likeness (QED) is 0.894. The second-order valence-corrected chi connectivity index (χ2v) is 9.32. The first-order chi connectivity index (χ1) is 11.1. The summed E-state index contributed by atoms with van der Waals surface area (Å²) in [4.78, 5) is 0.253. The number of hydrogen-bond donors (Lipinski definition) is 1. The first-order valence-corrected chi connectivity index (χ1v) is 10.3. The molecule has 0 atom stereocenters. The lowest BCUT2D eigenvalue weighted by Crippen LogP contribution is -2.29. The van der Waals surface area contributed by atoms with E-state index in [-0.39, 0.29) is 16.3 Å². The Morgan fingerprint density at radius 3 is 2.33 bits per heavy atom. The predicted octanol–water partition coefficient (Wildman–Crippen LogP) is 1.70. The van der Waals surface area contributed by atoms with Gasteiger partial charge in [0.1, 0.15) is 0 Å². The Labute approximate surface area is 142 Å². The van der Waals surface area contributed by atoms with Gasteiger partial charge < -0.3 is 0 Å². The highest BCUT2D eigenvalue weighted by molar-refractivity contribution is 7.93. The van der Waals surface area contributed by atoms with Crippen LogP contribution < -0.4 is 9.44 Å². The maximum absolute atomic E-state index is 13.0. The van der Waals surface area contributed by atoms with Gasteiger partial charge in [-0.15, -0.1) is 0 Å². The molecule has 0 unspecified atom stereocenters. The highest BCUT2D eigenvalue weighted by atomic mass is 32.2. The molecular weight excluding hydrogens is 348 g/mol. The molecule has 8 heteroatoms. The summed E-state index contributed by atoms with van der Waals surface area (Å²) in [5.41, 5.74) is 2.84. The minimum absolute atomic E-state index is 0.00739. The van der Waals surface area contributed by atoms with Crippen molar-refractivity contribution in [2.75, 3.05) is 10.8 Å². The van der Waals surface area contributed by atoms with Gasteiger partial charge in [0.05, 0.1) is 15.5 Å². The van der Waals surface area contributed by atoms with Gasteiger partial charge in [-0.3, -0.25) is 4.31 Å². The summed E-state index contributed by atoms with van der Waals surface area (Å²) < 4.78 is 50.2. The minimum Gasteiger partial charge on any atom is -0.266 e. The van der Waals surface area contributed by atoms with Gasteiger partial charge in [-0.05, 0) is 55.7 Å². The van der Waals surface area contributed by atoms with E-state index in [2.05, 4.69) is 0 Å². The first kappa shape index (κ1) is 16.9. The standard InChI is InChI=1S/C16H18N2O4S2/c1-11-3-6-16(12(2)9-11)24(21,22)18-8-7-13-10-14(23(17,19)20)4-5-15(13)18/h3-6,9-10H,7-8H2,1-2H3,(H2,17,19,20). The number of benzene rings is 2. The summed E-state index contributed by atoms with van der Waals surface area (Å²) in [5.74, 6) is 0. The molecule has 0 fully saturated rings. The van der Waals surface area contributed by atoms with E-state index in [1.165, 1.54) is 22.5 Å². The van der Waals surface area contributed by atoms with Crippen LogP contribution >= 0.6 is 0 Å². The van der Waals surface area contributed by atoms with Gasteiger partial charge in [0, 0.05) is 6.54 Å². The van der Waals surface area contributed by atoms with Crippen molar-refractivity contribution in [3.05, 3.63) is 53.1 Å². The van der Waals surface area contributed by atoms with E-state index in [1.54, 1.807) is 19.1 Å². The van der Waals surface area contributed by atoms with Crippen molar-refractivity contribution in [2.24, 2.45) is 5.14 Å². The third-order valence-electron chi connectivity index (χ3n) is 4.13. The number of hydrogen-bond acceptors (Lipinski definition) is 4. The van der Waals surface area contributed by atoms with E-state index in [4.69, 9.17) is 5.14 Å². The normalized spacial score (nSPS) is 14.7. The number of nitrogens with two attached hydrogens (primary N) is 1. The Kier molecular flexibility index (Phi) is 3.94. The van der Waals surface area contributed by atoms with Gasteiger partial charge in [0.15, 0.2) is 0 Å². The van der Waals surface area contributed by atoms with Crippen LogP contribution in [0.2, 0.25) is 0 Å². The topological polar surface area (TPSA) is 97.5 Å². The van der Waals surface area contributed by atoms with Crippen molar-refractivity contribution in [1.82, 2.24) is 0 Å². The van der Waals surface area contributed by atoms with Gasteiger partial charge in [0.2, 0.25) is 10.0 Å². The van der Waals surface area contributed by atoms with E-state index >= 15 is 0 Å². The zero-order valence-electron chi connectivity index (χ0n) is 13.4. The Bertz CT molecular complexity index is 1030. The van der Waals surface area contributed by atoms with Crippen molar-refractivity contribution < 1.29 is 16.8 Å². The van der Waals surface area contributed by atoms with Crippen molar-refractivity contribution in [1.29, 1.82) is 0 Å². The Balaban J connectivity index is 2.08. The van der Waals surface area contributed by atoms with E-state index in [0.717, 1.165) is 5.56 Å². The van der Waals surface area contributed by atoms with E-state index in [0.29, 0.717) is 23.2 Å². The summed E-state index contributed by atoms with van der Waals surface area (Å²) >= 11 is 0. The van der Waals surface area contributed by atoms with Crippen molar-refractivity contribution in [3.63, 3.8) is 0 Å². The van der Waals surface area contributed by atoms with Crippen LogP contribution in [0, 0.1) is 13.8 Å². The van der Waals surface area contributed by atoms with Crippen LogP contribution in [0.5, 0.6) is 0 Å². The molecule has 24 heavy (non-hydrogen) atoms. The highest BCUT2D eigenvalue weighted by Gasteiger charge is 2.32. The Morgan fingerprint density at radius 2 is 1.71 bits per heavy atom. The molecule has 6 nitrogen and oxygen atoms in total. The summed E-state index contributed by atoms with van der Waals surface area (Å²) in [6.07, 6.45) is 0.447. The molecule has 1 aliphatic heterocycles. The summed E-state index contributed by atoms with van der Waals surface area (Å²) in [7, 11) is -7.50. The predicted molar refractivity (Wildman–Crippen MR) is 92.0 cm³/mol. The smallest absolute Gasteiger partial charge is 0.264 e. The minimum atomic E-state index is -3.81. The average molecular weight is 366 g/mol. The molecule has 2 aromatic rings. The highest BCUT2D eigenvalue weighted by Crippen LogP contribution is 2.35. The van der Waals surface area contributed by atoms with Gasteiger partial charge in [-0.25, -0.2) is 22.0 Å². The number of rotatable bonds is 3. The number of fused-ring (bicyclic) bond motifs is 1. The number of primary sulfonamides is 1. The lowest BCUT2D eigenvalue weighted by atomic mass is 10.2. The number of anilines is 1. The average Bonchev–Trinajstić information content (AvgIpc) is 2.89. The van der Waals surface area contributed by atoms with Crippen LogP contribution in [-0.2, 0) is 26.5 Å². The molecule has 1 aliphatic rings. The molecule has 2 aromatic carbocycles. The first-order valence-electron chi connectivity index (χ1n) is 7.36. The molecule has 2 N–H and O–H groups in total. The Morgan fingerprint density at radius 1 is 1.00 bits per heavy atom. The summed E-state index contributed by atoms with van der Waals surface area (Å²) in [5, 5.41) is 5.14. The van der Waals surface area contributed by atoms with Gasteiger partial charge in [-0.1, -0.05) is 17.7 Å². The van der Waals surface area contributed by atoms with Crippen LogP contribution in [-0.4, -0.2) is 23.4 Å². The summed E-state index contributed by atoms with van der Waals surface area (Å²) in [6.45, 7) is 3.95. The van der Waals surface area contributed by atoms with Crippen LogP contribution in [0.15, 0.2) is 46.2 Å². The molecule has 0 saturated heterocycles. The maximum Gasteiger partial charge on any atom is 0.264 e. The molecule has 0 spiro atoms. The molecule has 0 aromatic heterocycles. The van der Waals surface area contributed by atoms with Crippen LogP contribution in [0.3, 0.4) is 0 Å². The van der Waals surface area contributed by atoms with E-state index in [9.17, 15) is 16.8 Å². The van der Waals surface area contributed by atoms with Crippen LogP contribution in [0.25, 0.3) is 0 Å². The largest absolute Gasteiger partial charge is 0.266 e. The van der Waals surface area contributed by atoms with Crippen LogP contribution in [0.1, 0.15) is 16.7 Å². The van der Waals surface area contributed by atoms with Gasteiger partial charge in [-0.2, -0.15) is 0 Å². The number of aryl methyl sites for hydroxylation is 2. The molecule has 1 heterocycles. The molecule has 0 amide bonds. The fourth-order valence-electron chi connectivity index (χ4n) is 2.98. The van der Waals surface area contributed by atoms with Crippen molar-refractivity contribution in [3.8, 4) is 0 Å². The molecule has 0 bridgehead atoms. The fourth-order valence-corrected chi connectivity index (χ4v) is 5.26. The third kappa shape index (κ3) is 2.81. The zero-order valence-corrected chi connectivity index (χ0v) is 15.0. The lowest BCUT2D eigenvalue weighted by molar-refractivity contribution is 0.591. The monoisotopic (exact) mass is 366 g/mol. The molecule has 0 radical (unpaired) electrons. The van der Waals surface area contributed by atoms with E-state index < -0.39 is 20.0 Å². The van der Waals surface area contributed by atoms with Crippen LogP contribution in [0.4, 0.5) is 5.69 Å². The van der Waals surface area contributed by atoms with Gasteiger partial charge in [0.25, 0.3) is 10.0 Å². The SMILES string of the molecule is Cc1ccc(S(=O)(=O)N2CCc3cc(S(N)(=O)=O)ccc32)c(C)c1. The fraction of sp³-hybridized carbons (Fsp3) is 0.250. The van der Waals surface area contributed by atoms with Crippen molar-refractivity contribution in [2.45, 2.75) is 30.1 Å². The molecule has 0 saturated carbocycles. The number of nitrogens with zero attached hydrogens (tertiary/aromatic N) is 1. The zero-order chi connectivity index (χ0) is 17.7.